The third kappa shape index (κ3) is 1.28. The van der Waals surface area contributed by atoms with Crippen LogP contribution in [0.2, 0.25) is 0 Å². The Bertz CT molecular complexity index is 485. The van der Waals surface area contributed by atoms with Gasteiger partial charge in [-0.05, 0) is 18.2 Å². The Hall–Kier alpha value is -1.77. The molecule has 1 aromatic carbocycles. The van der Waals surface area contributed by atoms with E-state index in [9.17, 15) is 4.79 Å². The highest BCUT2D eigenvalue weighted by Crippen LogP contribution is 2.17. The Balaban J connectivity index is 2.82. The van der Waals surface area contributed by atoms with Crippen molar-refractivity contribution < 1.29 is 9.15 Å². The van der Waals surface area contributed by atoms with E-state index >= 15 is 0 Å². The maximum absolute atomic E-state index is 11.3. The summed E-state index contributed by atoms with van der Waals surface area (Å²) in [5.74, 6) is 0.436. The van der Waals surface area contributed by atoms with Gasteiger partial charge in [0.05, 0.1) is 11.6 Å². The van der Waals surface area contributed by atoms with Crippen molar-refractivity contribution in [2.45, 2.75) is 0 Å². The van der Waals surface area contributed by atoms with E-state index in [0.29, 0.717) is 16.7 Å². The zero-order valence-corrected chi connectivity index (χ0v) is 6.69. The van der Waals surface area contributed by atoms with Crippen molar-refractivity contribution in [2.75, 3.05) is 0 Å². The van der Waals surface area contributed by atoms with Crippen LogP contribution in [0.25, 0.3) is 11.0 Å². The largest absolute Gasteiger partial charge is 0.482 e. The highest BCUT2D eigenvalue weighted by atomic mass is 16.5. The minimum Gasteiger partial charge on any atom is -0.482 e. The number of fused-ring (bicyclic) bond motifs is 1. The zero-order valence-electron chi connectivity index (χ0n) is 6.69. The topological polar surface area (TPSA) is 39.4 Å². The van der Waals surface area contributed by atoms with Gasteiger partial charge in [0.15, 0.2) is 12.5 Å². The van der Waals surface area contributed by atoms with Crippen LogP contribution in [-0.4, -0.2) is 0 Å². The Morgan fingerprint density at radius 2 is 2.15 bits per heavy atom. The molecule has 0 aliphatic carbocycles. The van der Waals surface area contributed by atoms with Crippen LogP contribution < -0.4 is 10.2 Å². The van der Waals surface area contributed by atoms with Gasteiger partial charge in [-0.1, -0.05) is 0 Å². The third-order valence-corrected chi connectivity index (χ3v) is 1.77. The summed E-state index contributed by atoms with van der Waals surface area (Å²) < 4.78 is 9.59. The van der Waals surface area contributed by atoms with Crippen molar-refractivity contribution in [1.82, 2.24) is 0 Å². The summed E-state index contributed by atoms with van der Waals surface area (Å²) >= 11 is 0. The lowest BCUT2D eigenvalue weighted by molar-refractivity contribution is 0.473. The molecule has 0 saturated carbocycles. The van der Waals surface area contributed by atoms with Gasteiger partial charge in [-0.25, -0.2) is 0 Å². The minimum atomic E-state index is -0.111. The van der Waals surface area contributed by atoms with Crippen LogP contribution in [-0.2, 0) is 0 Å². The SMILES string of the molecule is [CH]Oc1ccc2occc(=O)c2c1. The second kappa shape index (κ2) is 2.94. The summed E-state index contributed by atoms with van der Waals surface area (Å²) in [4.78, 5) is 11.3. The van der Waals surface area contributed by atoms with E-state index < -0.39 is 0 Å². The van der Waals surface area contributed by atoms with E-state index in [0.717, 1.165) is 0 Å². The second-order valence-electron chi connectivity index (χ2n) is 2.56. The summed E-state index contributed by atoms with van der Waals surface area (Å²) in [6.45, 7) is 0. The van der Waals surface area contributed by atoms with Crippen LogP contribution in [0.3, 0.4) is 0 Å². The first-order valence-electron chi connectivity index (χ1n) is 3.69. The molecule has 0 spiro atoms. The fourth-order valence-corrected chi connectivity index (χ4v) is 1.14. The molecule has 2 aromatic rings. The van der Waals surface area contributed by atoms with E-state index in [-0.39, 0.29) is 5.43 Å². The lowest BCUT2D eigenvalue weighted by Crippen LogP contribution is -1.97. The van der Waals surface area contributed by atoms with Crippen molar-refractivity contribution in [3.8, 4) is 5.75 Å². The maximum Gasteiger partial charge on any atom is 0.192 e. The summed E-state index contributed by atoms with van der Waals surface area (Å²) in [5.41, 5.74) is 0.411. The van der Waals surface area contributed by atoms with Crippen LogP contribution in [0.4, 0.5) is 0 Å². The van der Waals surface area contributed by atoms with Gasteiger partial charge in [-0.2, -0.15) is 0 Å². The first kappa shape index (κ1) is 7.86. The molecule has 0 N–H and O–H groups in total. The molecule has 64 valence electrons. The Morgan fingerprint density at radius 1 is 1.31 bits per heavy atom. The second-order valence-corrected chi connectivity index (χ2v) is 2.56. The molecule has 13 heavy (non-hydrogen) atoms. The van der Waals surface area contributed by atoms with Crippen molar-refractivity contribution >= 4 is 11.0 Å². The number of ether oxygens (including phenoxy) is 1. The van der Waals surface area contributed by atoms with Gasteiger partial charge in [0, 0.05) is 6.07 Å². The molecule has 0 bridgehead atoms. The van der Waals surface area contributed by atoms with Crippen molar-refractivity contribution in [3.63, 3.8) is 0 Å². The van der Waals surface area contributed by atoms with E-state index in [1.165, 1.54) is 12.3 Å². The Labute approximate surface area is 74.6 Å². The van der Waals surface area contributed by atoms with Crippen LogP contribution >= 0.6 is 0 Å². The van der Waals surface area contributed by atoms with E-state index in [1.54, 1.807) is 18.2 Å². The van der Waals surface area contributed by atoms with Crippen LogP contribution in [0.15, 0.2) is 39.7 Å². The molecule has 1 aromatic heterocycles. The molecule has 0 aliphatic rings. The molecule has 0 amide bonds. The highest BCUT2D eigenvalue weighted by molar-refractivity contribution is 5.77. The summed E-state index contributed by atoms with van der Waals surface area (Å²) in [5, 5.41) is 0.463. The Kier molecular flexibility index (Phi) is 1.77. The molecule has 0 fully saturated rings. The number of hydrogen-bond acceptors (Lipinski definition) is 3. The van der Waals surface area contributed by atoms with Crippen molar-refractivity contribution in [3.05, 3.63) is 47.9 Å². The minimum absolute atomic E-state index is 0.111. The predicted molar refractivity (Wildman–Crippen MR) is 47.4 cm³/mol. The molecular weight excluding hydrogens is 168 g/mol. The van der Waals surface area contributed by atoms with Gasteiger partial charge in [0.2, 0.25) is 0 Å². The maximum atomic E-state index is 11.3. The lowest BCUT2D eigenvalue weighted by Gasteiger charge is -1.99. The molecule has 0 unspecified atom stereocenters. The predicted octanol–water partition coefficient (Wildman–Crippen LogP) is 1.84. The molecule has 3 heteroatoms. The normalized spacial score (nSPS) is 10.2. The first-order chi connectivity index (χ1) is 6.31. The van der Waals surface area contributed by atoms with Crippen LogP contribution in [0.1, 0.15) is 0 Å². The molecule has 2 radical (unpaired) electrons. The summed E-state index contributed by atoms with van der Waals surface area (Å²) in [6, 6.07) is 6.16. The van der Waals surface area contributed by atoms with Gasteiger partial charge >= 0.3 is 0 Å². The summed E-state index contributed by atoms with van der Waals surface area (Å²) in [7, 11) is 4.96. The molecule has 0 saturated heterocycles. The van der Waals surface area contributed by atoms with Gasteiger partial charge in [0.1, 0.15) is 11.3 Å². The lowest BCUT2D eigenvalue weighted by atomic mass is 10.2. The fourth-order valence-electron chi connectivity index (χ4n) is 1.14. The molecule has 0 aliphatic heterocycles. The van der Waals surface area contributed by atoms with Gasteiger partial charge < -0.3 is 9.15 Å². The standard InChI is InChI=1S/C10H6O3/c1-12-7-2-3-10-8(6-7)9(11)4-5-13-10/h1-6H. The smallest absolute Gasteiger partial charge is 0.192 e. The van der Waals surface area contributed by atoms with E-state index in [2.05, 4.69) is 4.74 Å². The quantitative estimate of drug-likeness (QED) is 0.662. The van der Waals surface area contributed by atoms with E-state index in [4.69, 9.17) is 11.5 Å². The zero-order chi connectivity index (χ0) is 9.26. The number of benzene rings is 1. The summed E-state index contributed by atoms with van der Waals surface area (Å²) in [6.07, 6.45) is 1.35. The average Bonchev–Trinajstić information content (AvgIpc) is 2.18. The molecule has 3 nitrogen and oxygen atoms in total. The highest BCUT2D eigenvalue weighted by Gasteiger charge is 2.00. The van der Waals surface area contributed by atoms with Gasteiger partial charge in [0.25, 0.3) is 0 Å². The van der Waals surface area contributed by atoms with Gasteiger partial charge in [-0.3, -0.25) is 4.79 Å². The number of hydrogen-bond donors (Lipinski definition) is 0. The Morgan fingerprint density at radius 3 is 2.92 bits per heavy atom. The molecular formula is C10H6O3. The third-order valence-electron chi connectivity index (χ3n) is 1.77. The molecule has 0 atom stereocenters. The van der Waals surface area contributed by atoms with Crippen LogP contribution in [0, 0.1) is 7.11 Å². The van der Waals surface area contributed by atoms with E-state index in [1.807, 2.05) is 0 Å². The first-order valence-corrected chi connectivity index (χ1v) is 3.69. The van der Waals surface area contributed by atoms with Gasteiger partial charge in [-0.15, -0.1) is 0 Å². The fraction of sp³-hybridized carbons (Fsp3) is 0. The monoisotopic (exact) mass is 174 g/mol. The average molecular weight is 174 g/mol. The van der Waals surface area contributed by atoms with Crippen molar-refractivity contribution in [1.29, 1.82) is 0 Å². The molecule has 2 rings (SSSR count). The van der Waals surface area contributed by atoms with Crippen LogP contribution in [0.5, 0.6) is 5.75 Å². The van der Waals surface area contributed by atoms with Crippen molar-refractivity contribution in [2.24, 2.45) is 0 Å². The number of rotatable bonds is 1. The molecule has 1 heterocycles.